The lowest BCUT2D eigenvalue weighted by Gasteiger charge is -2.25. The van der Waals surface area contributed by atoms with Crippen LogP contribution in [0.25, 0.3) is 0 Å². The van der Waals surface area contributed by atoms with Crippen LogP contribution in [0, 0.1) is 0 Å². The highest BCUT2D eigenvalue weighted by atomic mass is 35.5. The molecule has 2 aromatic carbocycles. The number of benzene rings is 2. The van der Waals surface area contributed by atoms with Gasteiger partial charge in [0.25, 0.3) is 0 Å². The summed E-state index contributed by atoms with van der Waals surface area (Å²) in [6.45, 7) is 1.48. The third-order valence-corrected chi connectivity index (χ3v) is 3.93. The minimum Gasteiger partial charge on any atom is -0.425 e. The summed E-state index contributed by atoms with van der Waals surface area (Å²) in [5, 5.41) is 10.3. The van der Waals surface area contributed by atoms with E-state index in [0.717, 1.165) is 5.56 Å². The molecule has 22 heavy (non-hydrogen) atoms. The number of aliphatic hydroxyl groups is 1. The first-order valence-electron chi connectivity index (χ1n) is 7.18. The third-order valence-electron chi connectivity index (χ3n) is 3.53. The zero-order valence-corrected chi connectivity index (χ0v) is 13.2. The summed E-state index contributed by atoms with van der Waals surface area (Å²) >= 11 is 6.23. The maximum Gasteiger partial charge on any atom is 0.335 e. The number of hydrogen-bond acceptors (Lipinski definition) is 3. The van der Waals surface area contributed by atoms with E-state index in [-0.39, 0.29) is 0 Å². The molecule has 0 fully saturated rings. The second-order valence-corrected chi connectivity index (χ2v) is 6.10. The van der Waals surface area contributed by atoms with E-state index in [0.29, 0.717) is 18.6 Å². The zero-order valence-electron chi connectivity index (χ0n) is 12.4. The van der Waals surface area contributed by atoms with E-state index in [1.54, 1.807) is 24.3 Å². The summed E-state index contributed by atoms with van der Waals surface area (Å²) in [4.78, 5) is 10.7. The van der Waals surface area contributed by atoms with Gasteiger partial charge in [0, 0.05) is 0 Å². The van der Waals surface area contributed by atoms with Gasteiger partial charge in [-0.15, -0.1) is 11.6 Å². The van der Waals surface area contributed by atoms with Gasteiger partial charge in [-0.3, -0.25) is 0 Å². The van der Waals surface area contributed by atoms with Crippen molar-refractivity contribution in [1.29, 1.82) is 0 Å². The first-order chi connectivity index (χ1) is 10.5. The molecule has 2 unspecified atom stereocenters. The molecule has 0 heterocycles. The van der Waals surface area contributed by atoms with E-state index in [1.165, 1.54) is 6.92 Å². The Balaban J connectivity index is 1.94. The summed E-state index contributed by atoms with van der Waals surface area (Å²) in [6.07, 6.45) is 0.0298. The fraction of sp³-hybridized carbons (Fsp3) is 0.278. The molecule has 0 spiro atoms. The van der Waals surface area contributed by atoms with E-state index < -0.39 is 16.9 Å². The Labute approximate surface area is 135 Å². The number of hydrogen-bond donors (Lipinski definition) is 1. The minimum atomic E-state index is -1.48. The Morgan fingerprint density at radius 2 is 1.68 bits per heavy atom. The van der Waals surface area contributed by atoms with Gasteiger partial charge in [0.15, 0.2) is 4.87 Å². The molecular weight excluding hydrogens is 300 g/mol. The van der Waals surface area contributed by atoms with E-state index in [1.807, 2.05) is 36.4 Å². The zero-order chi connectivity index (χ0) is 16.0. The maximum atomic E-state index is 12.2. The number of carbonyl (C=O) groups excluding carboxylic acids is 1. The van der Waals surface area contributed by atoms with Crippen molar-refractivity contribution in [1.82, 2.24) is 0 Å². The molecule has 4 heteroatoms. The Morgan fingerprint density at radius 1 is 1.14 bits per heavy atom. The van der Waals surface area contributed by atoms with Gasteiger partial charge < -0.3 is 9.84 Å². The molecule has 0 aromatic heterocycles. The van der Waals surface area contributed by atoms with Crippen molar-refractivity contribution in [3.05, 3.63) is 66.2 Å². The molecule has 1 N–H and O–H groups in total. The third kappa shape index (κ3) is 4.33. The molecule has 0 amide bonds. The van der Waals surface area contributed by atoms with Gasteiger partial charge in [0.2, 0.25) is 0 Å². The molecule has 3 nitrogen and oxygen atoms in total. The van der Waals surface area contributed by atoms with Crippen molar-refractivity contribution in [2.45, 2.75) is 30.7 Å². The number of aryl methyl sites for hydroxylation is 1. The van der Waals surface area contributed by atoms with Gasteiger partial charge in [-0.05, 0) is 37.5 Å². The predicted molar refractivity (Wildman–Crippen MR) is 87.1 cm³/mol. The monoisotopic (exact) mass is 318 g/mol. The average molecular weight is 319 g/mol. The largest absolute Gasteiger partial charge is 0.425 e. The molecule has 0 aliphatic carbocycles. The molecule has 0 bridgehead atoms. The van der Waals surface area contributed by atoms with E-state index in [4.69, 9.17) is 16.3 Å². The molecule has 2 aromatic rings. The van der Waals surface area contributed by atoms with Crippen LogP contribution in [0.1, 0.15) is 18.9 Å². The lowest BCUT2D eigenvalue weighted by Crippen LogP contribution is -2.44. The fourth-order valence-corrected chi connectivity index (χ4v) is 2.20. The molecule has 0 aliphatic rings. The number of halogens is 1. The summed E-state index contributed by atoms with van der Waals surface area (Å²) in [5.74, 6) is -0.240. The van der Waals surface area contributed by atoms with Gasteiger partial charge in [-0.1, -0.05) is 48.5 Å². The second kappa shape index (κ2) is 7.43. The van der Waals surface area contributed by atoms with E-state index in [2.05, 4.69) is 0 Å². The summed E-state index contributed by atoms with van der Waals surface area (Å²) in [5.41, 5.74) is 1.09. The topological polar surface area (TPSA) is 46.5 Å². The van der Waals surface area contributed by atoms with Crippen LogP contribution >= 0.6 is 11.6 Å². The summed E-state index contributed by atoms with van der Waals surface area (Å²) in [6, 6.07) is 18.4. The van der Waals surface area contributed by atoms with Gasteiger partial charge in [0.1, 0.15) is 5.75 Å². The molecule has 116 valence electrons. The van der Waals surface area contributed by atoms with Crippen molar-refractivity contribution in [2.24, 2.45) is 0 Å². The number of aliphatic hydroxyl groups excluding tert-OH is 1. The number of ether oxygens (including phenoxy) is 1. The van der Waals surface area contributed by atoms with Crippen LogP contribution in [-0.4, -0.2) is 22.1 Å². The Hall–Kier alpha value is -1.84. The highest BCUT2D eigenvalue weighted by Gasteiger charge is 2.40. The van der Waals surface area contributed by atoms with Crippen LogP contribution in [0.3, 0.4) is 0 Å². The van der Waals surface area contributed by atoms with Crippen molar-refractivity contribution >= 4 is 17.6 Å². The highest BCUT2D eigenvalue weighted by molar-refractivity contribution is 6.34. The van der Waals surface area contributed by atoms with Crippen LogP contribution in [-0.2, 0) is 11.2 Å². The lowest BCUT2D eigenvalue weighted by atomic mass is 9.97. The minimum absolute atomic E-state index is 0.383. The predicted octanol–water partition coefficient (Wildman–Crippen LogP) is 3.58. The molecule has 0 radical (unpaired) electrons. The van der Waals surface area contributed by atoms with Gasteiger partial charge in [0.05, 0.1) is 6.10 Å². The average Bonchev–Trinajstić information content (AvgIpc) is 2.54. The maximum absolute atomic E-state index is 12.2. The van der Waals surface area contributed by atoms with Crippen molar-refractivity contribution in [3.63, 3.8) is 0 Å². The van der Waals surface area contributed by atoms with Gasteiger partial charge in [-0.25, -0.2) is 4.79 Å². The van der Waals surface area contributed by atoms with E-state index in [9.17, 15) is 9.90 Å². The number of carbonyl (C=O) groups is 1. The van der Waals surface area contributed by atoms with Crippen LogP contribution < -0.4 is 4.74 Å². The van der Waals surface area contributed by atoms with Crippen LogP contribution in [0.15, 0.2) is 60.7 Å². The van der Waals surface area contributed by atoms with Crippen molar-refractivity contribution in [2.75, 3.05) is 0 Å². The molecule has 2 rings (SSSR count). The summed E-state index contributed by atoms with van der Waals surface area (Å²) < 4.78 is 5.22. The van der Waals surface area contributed by atoms with Gasteiger partial charge >= 0.3 is 5.97 Å². The number of rotatable bonds is 6. The summed E-state index contributed by atoms with van der Waals surface area (Å²) in [7, 11) is 0. The normalized spacial score (nSPS) is 14.9. The quantitative estimate of drug-likeness (QED) is 0.503. The Morgan fingerprint density at radius 3 is 2.27 bits per heavy atom. The molecular formula is C18H19ClO3. The Kier molecular flexibility index (Phi) is 5.58. The fourth-order valence-electron chi connectivity index (χ4n) is 2.05. The second-order valence-electron chi connectivity index (χ2n) is 5.32. The van der Waals surface area contributed by atoms with Crippen LogP contribution in [0.5, 0.6) is 5.75 Å². The first kappa shape index (κ1) is 16.5. The smallest absolute Gasteiger partial charge is 0.335 e. The number of alkyl halides is 1. The van der Waals surface area contributed by atoms with Crippen LogP contribution in [0.2, 0.25) is 0 Å². The molecule has 0 aliphatic heterocycles. The molecule has 2 atom stereocenters. The molecule has 0 saturated carbocycles. The SMILES string of the molecule is CC(Cl)(C(=O)Oc1ccccc1)C(O)CCc1ccccc1. The van der Waals surface area contributed by atoms with Gasteiger partial charge in [-0.2, -0.15) is 0 Å². The van der Waals surface area contributed by atoms with Crippen LogP contribution in [0.4, 0.5) is 0 Å². The molecule has 0 saturated heterocycles. The standard InChI is InChI=1S/C18H19ClO3/c1-18(19,17(21)22-15-10-6-3-7-11-15)16(20)13-12-14-8-4-2-5-9-14/h2-11,16,20H,12-13H2,1H3. The van der Waals surface area contributed by atoms with Crippen molar-refractivity contribution in [3.8, 4) is 5.75 Å². The van der Waals surface area contributed by atoms with Crippen molar-refractivity contribution < 1.29 is 14.6 Å². The lowest BCUT2D eigenvalue weighted by molar-refractivity contribution is -0.140. The number of esters is 1. The number of para-hydroxylation sites is 1. The van der Waals surface area contributed by atoms with E-state index >= 15 is 0 Å². The Bertz CT molecular complexity index is 596. The first-order valence-corrected chi connectivity index (χ1v) is 7.56. The highest BCUT2D eigenvalue weighted by Crippen LogP contribution is 2.26.